The first-order chi connectivity index (χ1) is 17.0. The van der Waals surface area contributed by atoms with Crippen molar-refractivity contribution >= 4 is 18.0 Å². The van der Waals surface area contributed by atoms with Crippen molar-refractivity contribution in [1.82, 2.24) is 10.6 Å². The second-order valence-electron chi connectivity index (χ2n) is 7.76. The van der Waals surface area contributed by atoms with Crippen LogP contribution in [-0.4, -0.2) is 30.6 Å². The van der Waals surface area contributed by atoms with E-state index >= 15 is 0 Å². The molecule has 182 valence electrons. The van der Waals surface area contributed by atoms with Crippen LogP contribution >= 0.6 is 0 Å². The van der Waals surface area contributed by atoms with Gasteiger partial charge >= 0.3 is 12.2 Å². The molecule has 2 N–H and O–H groups in total. The van der Waals surface area contributed by atoms with Gasteiger partial charge in [0, 0.05) is 12.1 Å². The van der Waals surface area contributed by atoms with Crippen LogP contribution in [0.3, 0.4) is 0 Å². The minimum atomic E-state index is -0.911. The van der Waals surface area contributed by atoms with E-state index in [-0.39, 0.29) is 37.5 Å². The van der Waals surface area contributed by atoms with Gasteiger partial charge in [-0.1, -0.05) is 60.7 Å². The molecule has 1 atom stereocenters. The summed E-state index contributed by atoms with van der Waals surface area (Å²) in [5.41, 5.74) is 1.93. The van der Waals surface area contributed by atoms with Crippen LogP contribution in [0.15, 0.2) is 84.9 Å². The van der Waals surface area contributed by atoms with E-state index in [9.17, 15) is 18.8 Å². The van der Waals surface area contributed by atoms with Crippen molar-refractivity contribution in [2.45, 2.75) is 32.1 Å². The van der Waals surface area contributed by atoms with E-state index in [0.717, 1.165) is 11.1 Å². The molecule has 0 aliphatic heterocycles. The van der Waals surface area contributed by atoms with Crippen LogP contribution in [0.5, 0.6) is 0 Å². The van der Waals surface area contributed by atoms with Crippen LogP contribution in [0, 0.1) is 5.82 Å². The second-order valence-corrected chi connectivity index (χ2v) is 7.76. The molecule has 0 aliphatic carbocycles. The average Bonchev–Trinajstić information content (AvgIpc) is 2.89. The Balaban J connectivity index is 1.50. The van der Waals surface area contributed by atoms with Crippen LogP contribution in [-0.2, 0) is 22.7 Å². The lowest BCUT2D eigenvalue weighted by atomic mass is 10.00. The molecule has 8 heteroatoms. The SMILES string of the molecule is O=C(NCCC[C@H](NC(=O)OCc1ccccc1)C(=O)c1ccc(F)cc1)OCc1ccccc1. The van der Waals surface area contributed by atoms with Crippen molar-refractivity contribution in [3.8, 4) is 0 Å². The highest BCUT2D eigenvalue weighted by atomic mass is 19.1. The maximum atomic E-state index is 13.3. The highest BCUT2D eigenvalue weighted by Crippen LogP contribution is 2.11. The Hall–Kier alpha value is -4.20. The number of carbonyl (C=O) groups is 3. The van der Waals surface area contributed by atoms with Gasteiger partial charge in [0.1, 0.15) is 19.0 Å². The zero-order valence-corrected chi connectivity index (χ0v) is 19.1. The standard InChI is InChI=1S/C27H27FN2O5/c28-23-15-13-22(14-16-23)25(31)24(30-27(33)35-19-21-10-5-2-6-11-21)12-7-17-29-26(32)34-18-20-8-3-1-4-9-20/h1-6,8-11,13-16,24H,7,12,17-19H2,(H,29,32)(H,30,33)/t24-/m0/s1. The maximum absolute atomic E-state index is 13.3. The van der Waals surface area contributed by atoms with E-state index in [1.165, 1.54) is 24.3 Å². The number of ketones is 1. The number of rotatable bonds is 11. The maximum Gasteiger partial charge on any atom is 0.408 e. The molecule has 0 saturated carbocycles. The van der Waals surface area contributed by atoms with Gasteiger partial charge in [-0.25, -0.2) is 14.0 Å². The lowest BCUT2D eigenvalue weighted by molar-refractivity contribution is 0.0909. The summed E-state index contributed by atoms with van der Waals surface area (Å²) < 4.78 is 23.7. The Morgan fingerprint density at radius 3 is 1.86 bits per heavy atom. The van der Waals surface area contributed by atoms with Crippen molar-refractivity contribution < 1.29 is 28.2 Å². The van der Waals surface area contributed by atoms with Crippen LogP contribution in [0.4, 0.5) is 14.0 Å². The molecule has 3 aromatic carbocycles. The zero-order chi connectivity index (χ0) is 24.9. The van der Waals surface area contributed by atoms with Crippen molar-refractivity contribution in [3.63, 3.8) is 0 Å². The predicted molar refractivity (Wildman–Crippen MR) is 128 cm³/mol. The molecule has 0 bridgehead atoms. The van der Waals surface area contributed by atoms with E-state index in [1.807, 2.05) is 60.7 Å². The first kappa shape index (κ1) is 25.4. The summed E-state index contributed by atoms with van der Waals surface area (Å²) in [5, 5.41) is 5.21. The third kappa shape index (κ3) is 8.92. The third-order valence-electron chi connectivity index (χ3n) is 5.10. The van der Waals surface area contributed by atoms with Crippen molar-refractivity contribution in [2.24, 2.45) is 0 Å². The highest BCUT2D eigenvalue weighted by Gasteiger charge is 2.23. The zero-order valence-electron chi connectivity index (χ0n) is 19.1. The first-order valence-electron chi connectivity index (χ1n) is 11.2. The van der Waals surface area contributed by atoms with Gasteiger partial charge in [-0.15, -0.1) is 0 Å². The second kappa shape index (κ2) is 13.5. The number of halogens is 1. The molecular formula is C27H27FN2O5. The molecule has 3 rings (SSSR count). The number of ether oxygens (including phenoxy) is 2. The summed E-state index contributed by atoms with van der Waals surface area (Å²) in [6, 6.07) is 22.6. The molecule has 0 heterocycles. The third-order valence-corrected chi connectivity index (χ3v) is 5.10. The lowest BCUT2D eigenvalue weighted by Crippen LogP contribution is -2.41. The van der Waals surface area contributed by atoms with Crippen molar-refractivity contribution in [2.75, 3.05) is 6.54 Å². The monoisotopic (exact) mass is 478 g/mol. The molecule has 0 unspecified atom stereocenters. The number of benzene rings is 3. The Kier molecular flexibility index (Phi) is 9.80. The van der Waals surface area contributed by atoms with Gasteiger partial charge in [0.25, 0.3) is 0 Å². The molecule has 35 heavy (non-hydrogen) atoms. The van der Waals surface area contributed by atoms with Crippen LogP contribution < -0.4 is 10.6 Å². The normalized spacial score (nSPS) is 11.2. The topological polar surface area (TPSA) is 93.7 Å². The molecule has 7 nitrogen and oxygen atoms in total. The predicted octanol–water partition coefficient (Wildman–Crippen LogP) is 5.01. The Labute approximate surface area is 203 Å². The Morgan fingerprint density at radius 2 is 1.29 bits per heavy atom. The molecular weight excluding hydrogens is 451 g/mol. The largest absolute Gasteiger partial charge is 0.445 e. The summed E-state index contributed by atoms with van der Waals surface area (Å²) in [5.74, 6) is -0.847. The molecule has 0 aliphatic rings. The Morgan fingerprint density at radius 1 is 0.743 bits per heavy atom. The van der Waals surface area contributed by atoms with E-state index in [1.54, 1.807) is 0 Å². The lowest BCUT2D eigenvalue weighted by Gasteiger charge is -2.18. The van der Waals surface area contributed by atoms with Gasteiger partial charge in [-0.05, 0) is 48.2 Å². The minimum Gasteiger partial charge on any atom is -0.445 e. The van der Waals surface area contributed by atoms with Gasteiger partial charge < -0.3 is 20.1 Å². The number of amides is 2. The molecule has 0 fully saturated rings. The van der Waals surface area contributed by atoms with Crippen LogP contribution in [0.2, 0.25) is 0 Å². The van der Waals surface area contributed by atoms with Gasteiger partial charge in [0.15, 0.2) is 5.78 Å². The smallest absolute Gasteiger partial charge is 0.408 e. The van der Waals surface area contributed by atoms with Crippen LogP contribution in [0.1, 0.15) is 34.3 Å². The van der Waals surface area contributed by atoms with Crippen molar-refractivity contribution in [3.05, 3.63) is 107 Å². The van der Waals surface area contributed by atoms with E-state index in [2.05, 4.69) is 10.6 Å². The fourth-order valence-electron chi connectivity index (χ4n) is 3.26. The molecule has 0 spiro atoms. The number of hydrogen-bond acceptors (Lipinski definition) is 5. The number of alkyl carbamates (subject to hydrolysis) is 2. The summed E-state index contributed by atoms with van der Waals surface area (Å²) in [6.07, 6.45) is -0.706. The molecule has 2 amide bonds. The number of Topliss-reactive ketones (excluding diaryl/α,β-unsaturated/α-hetero) is 1. The van der Waals surface area contributed by atoms with E-state index < -0.39 is 24.0 Å². The van der Waals surface area contributed by atoms with E-state index in [4.69, 9.17) is 9.47 Å². The number of nitrogens with one attached hydrogen (secondary N) is 2. The molecule has 0 saturated heterocycles. The molecule has 0 aromatic heterocycles. The quantitative estimate of drug-likeness (QED) is 0.299. The summed E-state index contributed by atoms with van der Waals surface area (Å²) in [7, 11) is 0. The molecule has 0 radical (unpaired) electrons. The summed E-state index contributed by atoms with van der Waals surface area (Å²) >= 11 is 0. The fraction of sp³-hybridized carbons (Fsp3) is 0.222. The minimum absolute atomic E-state index is 0.0545. The Bertz CT molecular complexity index is 1090. The van der Waals surface area contributed by atoms with E-state index in [0.29, 0.717) is 6.42 Å². The van der Waals surface area contributed by atoms with Gasteiger partial charge in [-0.3, -0.25) is 4.79 Å². The fourth-order valence-corrected chi connectivity index (χ4v) is 3.26. The summed E-state index contributed by atoms with van der Waals surface area (Å²) in [6.45, 7) is 0.438. The van der Waals surface area contributed by atoms with Gasteiger partial charge in [0.2, 0.25) is 0 Å². The number of hydrogen-bond donors (Lipinski definition) is 2. The summed E-state index contributed by atoms with van der Waals surface area (Å²) in [4.78, 5) is 37.2. The van der Waals surface area contributed by atoms with Crippen LogP contribution in [0.25, 0.3) is 0 Å². The number of carbonyl (C=O) groups excluding carboxylic acids is 3. The van der Waals surface area contributed by atoms with Gasteiger partial charge in [0.05, 0.1) is 6.04 Å². The molecule has 3 aromatic rings. The highest BCUT2D eigenvalue weighted by molar-refractivity contribution is 6.01. The average molecular weight is 479 g/mol. The first-order valence-corrected chi connectivity index (χ1v) is 11.2. The van der Waals surface area contributed by atoms with Gasteiger partial charge in [-0.2, -0.15) is 0 Å². The van der Waals surface area contributed by atoms with Crippen molar-refractivity contribution in [1.29, 1.82) is 0 Å².